The second-order valence-corrected chi connectivity index (χ2v) is 8.27. The van der Waals surface area contributed by atoms with Crippen molar-refractivity contribution in [2.75, 3.05) is 33.3 Å². The van der Waals surface area contributed by atoms with E-state index in [-0.39, 0.29) is 0 Å². The van der Waals surface area contributed by atoms with E-state index in [2.05, 4.69) is 48.0 Å². The van der Waals surface area contributed by atoms with Crippen molar-refractivity contribution < 1.29 is 4.74 Å². The molecule has 0 bridgehead atoms. The fourth-order valence-corrected chi connectivity index (χ4v) is 4.24. The van der Waals surface area contributed by atoms with E-state index >= 15 is 0 Å². The second kappa shape index (κ2) is 6.95. The Hall–Kier alpha value is -0.490. The summed E-state index contributed by atoms with van der Waals surface area (Å²) in [7, 11) is 2.21. The number of likely N-dealkylation sites (N-methyl/N-ethyl adjacent to an activating group) is 1. The minimum absolute atomic E-state index is 0.400. The first-order chi connectivity index (χ1) is 10.5. The van der Waals surface area contributed by atoms with Crippen LogP contribution in [0.3, 0.4) is 0 Å². The van der Waals surface area contributed by atoms with E-state index in [1.807, 2.05) is 0 Å². The number of likely N-dealkylation sites (tertiary alicyclic amines) is 1. The lowest BCUT2D eigenvalue weighted by Crippen LogP contribution is -2.45. The minimum atomic E-state index is 0.400. The van der Waals surface area contributed by atoms with Crippen molar-refractivity contribution in [1.29, 1.82) is 0 Å². The summed E-state index contributed by atoms with van der Waals surface area (Å²) in [4.78, 5) is 9.61. The summed E-state index contributed by atoms with van der Waals surface area (Å²) in [6, 6.07) is 0.584. The fourth-order valence-electron chi connectivity index (χ4n) is 3.64. The van der Waals surface area contributed by atoms with Gasteiger partial charge in [-0.3, -0.25) is 4.90 Å². The maximum Gasteiger partial charge on any atom is 0.0897 e. The highest BCUT2D eigenvalue weighted by atomic mass is 32.1. The number of aryl methyl sites for hydroxylation is 1. The van der Waals surface area contributed by atoms with Crippen molar-refractivity contribution in [1.82, 2.24) is 14.8 Å². The molecule has 2 aliphatic heterocycles. The lowest BCUT2D eigenvalue weighted by molar-refractivity contribution is 0.0420. The molecule has 4 nitrogen and oxygen atoms in total. The van der Waals surface area contributed by atoms with Crippen molar-refractivity contribution in [3.05, 3.63) is 16.1 Å². The Bertz CT molecular complexity index is 490. The maximum atomic E-state index is 6.14. The molecule has 1 aromatic heterocycles. The third-order valence-electron chi connectivity index (χ3n) is 5.29. The van der Waals surface area contributed by atoms with Gasteiger partial charge in [0.25, 0.3) is 0 Å². The molecule has 3 heterocycles. The van der Waals surface area contributed by atoms with E-state index in [0.717, 1.165) is 32.2 Å². The number of rotatable bonds is 5. The number of hydrogen-bond acceptors (Lipinski definition) is 5. The molecule has 0 unspecified atom stereocenters. The van der Waals surface area contributed by atoms with Gasteiger partial charge in [0.05, 0.1) is 23.4 Å². The molecule has 2 fully saturated rings. The van der Waals surface area contributed by atoms with Gasteiger partial charge in [-0.2, -0.15) is 0 Å². The molecule has 2 aliphatic rings. The molecule has 5 heteroatoms. The summed E-state index contributed by atoms with van der Waals surface area (Å²) in [6.07, 6.45) is 1.67. The zero-order chi connectivity index (χ0) is 15.7. The van der Waals surface area contributed by atoms with E-state index < -0.39 is 0 Å². The predicted octanol–water partition coefficient (Wildman–Crippen LogP) is 2.63. The maximum absolute atomic E-state index is 6.14. The number of aromatic nitrogens is 1. The third-order valence-corrected chi connectivity index (χ3v) is 6.12. The molecule has 0 aliphatic carbocycles. The number of ether oxygens (including phenoxy) is 1. The van der Waals surface area contributed by atoms with Gasteiger partial charge in [0.2, 0.25) is 0 Å². The summed E-state index contributed by atoms with van der Waals surface area (Å²) in [5.74, 6) is 1.45. The minimum Gasteiger partial charge on any atom is -0.376 e. The van der Waals surface area contributed by atoms with Gasteiger partial charge in [-0.05, 0) is 46.7 Å². The lowest BCUT2D eigenvalue weighted by Gasteiger charge is -2.37. The number of piperidine rings is 1. The van der Waals surface area contributed by atoms with Crippen molar-refractivity contribution in [3.8, 4) is 0 Å². The van der Waals surface area contributed by atoms with Crippen LogP contribution in [0.25, 0.3) is 0 Å². The molecular weight excluding hydrogens is 294 g/mol. The first-order valence-electron chi connectivity index (χ1n) is 8.48. The van der Waals surface area contributed by atoms with E-state index in [0.29, 0.717) is 18.1 Å². The van der Waals surface area contributed by atoms with Crippen LogP contribution in [0.4, 0.5) is 0 Å². The summed E-state index contributed by atoms with van der Waals surface area (Å²) >= 11 is 1.76. The standard InChI is InChI=1S/C17H29N3OS/c1-12(2)19(4)9-17-16-8-20(6-5-14(16)10-21-17)7-15-11-22-13(3)18-15/h11-12,14,16-17H,5-10H2,1-4H3/t14-,16+,17-/m0/s1. The molecule has 0 saturated carbocycles. The molecule has 2 saturated heterocycles. The zero-order valence-electron chi connectivity index (χ0n) is 14.3. The Morgan fingerprint density at radius 2 is 2.32 bits per heavy atom. The molecule has 0 radical (unpaired) electrons. The first-order valence-corrected chi connectivity index (χ1v) is 9.36. The van der Waals surface area contributed by atoms with Gasteiger partial charge in [0, 0.05) is 37.0 Å². The lowest BCUT2D eigenvalue weighted by atomic mass is 9.84. The average Bonchev–Trinajstić information content (AvgIpc) is 3.06. The monoisotopic (exact) mass is 323 g/mol. The fraction of sp³-hybridized carbons (Fsp3) is 0.824. The normalized spacial score (nSPS) is 29.5. The molecule has 1 aromatic rings. The smallest absolute Gasteiger partial charge is 0.0897 e. The van der Waals surface area contributed by atoms with Gasteiger partial charge in [-0.25, -0.2) is 4.98 Å². The molecule has 22 heavy (non-hydrogen) atoms. The van der Waals surface area contributed by atoms with Gasteiger partial charge in [-0.15, -0.1) is 11.3 Å². The molecule has 0 amide bonds. The Morgan fingerprint density at radius 1 is 1.50 bits per heavy atom. The van der Waals surface area contributed by atoms with Crippen molar-refractivity contribution >= 4 is 11.3 Å². The average molecular weight is 324 g/mol. The van der Waals surface area contributed by atoms with Crippen LogP contribution in [0, 0.1) is 18.8 Å². The van der Waals surface area contributed by atoms with E-state index in [1.54, 1.807) is 11.3 Å². The van der Waals surface area contributed by atoms with Crippen molar-refractivity contribution in [2.45, 2.75) is 45.9 Å². The first kappa shape index (κ1) is 16.4. The van der Waals surface area contributed by atoms with E-state index in [9.17, 15) is 0 Å². The van der Waals surface area contributed by atoms with E-state index in [1.165, 1.54) is 23.7 Å². The molecule has 0 aromatic carbocycles. The van der Waals surface area contributed by atoms with Crippen LogP contribution < -0.4 is 0 Å². The zero-order valence-corrected chi connectivity index (χ0v) is 15.1. The Morgan fingerprint density at radius 3 is 3.00 bits per heavy atom. The Kier molecular flexibility index (Phi) is 5.17. The van der Waals surface area contributed by atoms with Gasteiger partial charge >= 0.3 is 0 Å². The third kappa shape index (κ3) is 3.70. The van der Waals surface area contributed by atoms with Gasteiger partial charge < -0.3 is 9.64 Å². The highest BCUT2D eigenvalue weighted by Gasteiger charge is 2.41. The Balaban J connectivity index is 1.58. The molecular formula is C17H29N3OS. The molecule has 124 valence electrons. The quantitative estimate of drug-likeness (QED) is 0.833. The van der Waals surface area contributed by atoms with Crippen LogP contribution in [-0.4, -0.2) is 60.2 Å². The van der Waals surface area contributed by atoms with Crippen LogP contribution in [0.15, 0.2) is 5.38 Å². The molecule has 0 spiro atoms. The van der Waals surface area contributed by atoms with Crippen LogP contribution >= 0.6 is 11.3 Å². The summed E-state index contributed by atoms with van der Waals surface area (Å²) in [5, 5.41) is 3.38. The summed E-state index contributed by atoms with van der Waals surface area (Å²) < 4.78 is 6.14. The van der Waals surface area contributed by atoms with Gasteiger partial charge in [0.1, 0.15) is 0 Å². The number of fused-ring (bicyclic) bond motifs is 1. The second-order valence-electron chi connectivity index (χ2n) is 7.21. The highest BCUT2D eigenvalue weighted by molar-refractivity contribution is 7.09. The van der Waals surface area contributed by atoms with Crippen molar-refractivity contribution in [2.24, 2.45) is 11.8 Å². The van der Waals surface area contributed by atoms with Crippen LogP contribution in [0.5, 0.6) is 0 Å². The highest BCUT2D eigenvalue weighted by Crippen LogP contribution is 2.35. The van der Waals surface area contributed by atoms with Crippen LogP contribution in [0.2, 0.25) is 0 Å². The Labute approximate surface area is 138 Å². The molecule has 0 N–H and O–H groups in total. The number of thiazole rings is 1. The van der Waals surface area contributed by atoms with Crippen LogP contribution in [0.1, 0.15) is 31.0 Å². The predicted molar refractivity (Wildman–Crippen MR) is 91.2 cm³/mol. The van der Waals surface area contributed by atoms with E-state index in [4.69, 9.17) is 4.74 Å². The number of hydrogen-bond donors (Lipinski definition) is 0. The van der Waals surface area contributed by atoms with Crippen molar-refractivity contribution in [3.63, 3.8) is 0 Å². The SMILES string of the molecule is Cc1nc(CN2CC[C@H]3CO[C@@H](CN(C)C(C)C)[C@@H]3C2)cs1. The number of nitrogens with zero attached hydrogens (tertiary/aromatic N) is 3. The molecule has 3 atom stereocenters. The van der Waals surface area contributed by atoms with Gasteiger partial charge in [0.15, 0.2) is 0 Å². The summed E-state index contributed by atoms with van der Waals surface area (Å²) in [5.41, 5.74) is 1.23. The summed E-state index contributed by atoms with van der Waals surface area (Å²) in [6.45, 7) is 12.0. The topological polar surface area (TPSA) is 28.6 Å². The molecule has 3 rings (SSSR count). The van der Waals surface area contributed by atoms with Crippen LogP contribution in [-0.2, 0) is 11.3 Å². The van der Waals surface area contributed by atoms with Gasteiger partial charge in [-0.1, -0.05) is 0 Å². The largest absolute Gasteiger partial charge is 0.376 e.